The number of carbonyl (C=O) groups is 1. The van der Waals surface area contributed by atoms with Gasteiger partial charge in [0.1, 0.15) is 12.1 Å². The van der Waals surface area contributed by atoms with Crippen molar-refractivity contribution in [1.29, 1.82) is 0 Å². The third-order valence-corrected chi connectivity index (χ3v) is 3.40. The largest absolute Gasteiger partial charge is 0.383 e. The summed E-state index contributed by atoms with van der Waals surface area (Å²) in [5, 5.41) is 8.25. The lowest BCUT2D eigenvalue weighted by molar-refractivity contribution is -0.133. The highest BCUT2D eigenvalue weighted by molar-refractivity contribution is 5.78. The van der Waals surface area contributed by atoms with E-state index >= 15 is 0 Å². The average molecular weight is 320 g/mol. The van der Waals surface area contributed by atoms with Crippen LogP contribution in [0.2, 0.25) is 0 Å². The van der Waals surface area contributed by atoms with Crippen molar-refractivity contribution < 1.29 is 14.3 Å². The molecule has 1 aromatic carbocycles. The Morgan fingerprint density at radius 1 is 1.17 bits per heavy atom. The fourth-order valence-corrected chi connectivity index (χ4v) is 2.12. The van der Waals surface area contributed by atoms with Crippen molar-refractivity contribution in [2.24, 2.45) is 0 Å². The molecule has 0 unspecified atom stereocenters. The van der Waals surface area contributed by atoms with Gasteiger partial charge >= 0.3 is 0 Å². The number of amides is 1. The molecule has 0 aliphatic heterocycles. The molecule has 0 aliphatic rings. The summed E-state index contributed by atoms with van der Waals surface area (Å²) in [7, 11) is 3.14. The van der Waals surface area contributed by atoms with Gasteiger partial charge in [0.05, 0.1) is 18.6 Å². The van der Waals surface area contributed by atoms with Crippen molar-refractivity contribution in [1.82, 2.24) is 19.9 Å². The van der Waals surface area contributed by atoms with Crippen LogP contribution < -0.4 is 5.56 Å². The van der Waals surface area contributed by atoms with E-state index in [1.807, 2.05) is 0 Å². The van der Waals surface area contributed by atoms with Gasteiger partial charge in [-0.3, -0.25) is 9.59 Å². The zero-order chi connectivity index (χ0) is 16.7. The average Bonchev–Trinajstić information content (AvgIpc) is 2.57. The monoisotopic (exact) mass is 320 g/mol. The molecular weight excluding hydrogens is 300 g/mol. The van der Waals surface area contributed by atoms with Crippen LogP contribution in [-0.4, -0.2) is 66.3 Å². The standard InChI is InChI=1S/C15H20N4O4/c1-22-9-7-18(8-10-23-2)14(20)11-19-15(21)12-5-3-4-6-13(12)16-17-19/h3-6H,7-11H2,1-2H3. The minimum atomic E-state index is -0.331. The number of benzene rings is 1. The Labute approximate surface area is 133 Å². The highest BCUT2D eigenvalue weighted by atomic mass is 16.5. The van der Waals surface area contributed by atoms with Gasteiger partial charge in [0.25, 0.3) is 5.56 Å². The second-order valence-electron chi connectivity index (χ2n) is 4.94. The number of hydrogen-bond donors (Lipinski definition) is 0. The maximum absolute atomic E-state index is 12.4. The first-order valence-corrected chi connectivity index (χ1v) is 7.25. The molecule has 0 bridgehead atoms. The van der Waals surface area contributed by atoms with Crippen LogP contribution in [0, 0.1) is 0 Å². The molecule has 1 amide bonds. The van der Waals surface area contributed by atoms with Crippen molar-refractivity contribution in [2.45, 2.75) is 6.54 Å². The lowest BCUT2D eigenvalue weighted by Crippen LogP contribution is -2.41. The van der Waals surface area contributed by atoms with E-state index in [0.29, 0.717) is 37.2 Å². The second kappa shape index (κ2) is 8.35. The highest BCUT2D eigenvalue weighted by Crippen LogP contribution is 2.03. The van der Waals surface area contributed by atoms with Gasteiger partial charge in [-0.15, -0.1) is 5.10 Å². The molecule has 0 saturated heterocycles. The Bertz CT molecular complexity index is 708. The first-order chi connectivity index (χ1) is 11.2. The zero-order valence-corrected chi connectivity index (χ0v) is 13.3. The first-order valence-electron chi connectivity index (χ1n) is 7.25. The Hall–Kier alpha value is -2.32. The molecule has 1 aromatic heterocycles. The van der Waals surface area contributed by atoms with Gasteiger partial charge in [-0.05, 0) is 12.1 Å². The van der Waals surface area contributed by atoms with Crippen LogP contribution in [0.15, 0.2) is 29.1 Å². The van der Waals surface area contributed by atoms with Gasteiger partial charge in [0.2, 0.25) is 5.91 Å². The number of nitrogens with zero attached hydrogens (tertiary/aromatic N) is 4. The maximum Gasteiger partial charge on any atom is 0.278 e. The van der Waals surface area contributed by atoms with Gasteiger partial charge in [-0.1, -0.05) is 17.3 Å². The highest BCUT2D eigenvalue weighted by Gasteiger charge is 2.16. The molecule has 0 radical (unpaired) electrons. The number of methoxy groups -OCH3 is 2. The van der Waals surface area contributed by atoms with Crippen molar-refractivity contribution in [3.8, 4) is 0 Å². The molecule has 23 heavy (non-hydrogen) atoms. The first kappa shape index (κ1) is 17.0. The molecule has 0 atom stereocenters. The van der Waals surface area contributed by atoms with Crippen LogP contribution in [0.25, 0.3) is 10.9 Å². The predicted octanol–water partition coefficient (Wildman–Crippen LogP) is -0.0871. The van der Waals surface area contributed by atoms with E-state index in [2.05, 4.69) is 10.3 Å². The Morgan fingerprint density at radius 2 is 1.83 bits per heavy atom. The summed E-state index contributed by atoms with van der Waals surface area (Å²) in [4.78, 5) is 26.3. The predicted molar refractivity (Wildman–Crippen MR) is 84.1 cm³/mol. The number of rotatable bonds is 8. The van der Waals surface area contributed by atoms with Crippen molar-refractivity contribution in [3.63, 3.8) is 0 Å². The van der Waals surface area contributed by atoms with Gasteiger partial charge in [-0.25, -0.2) is 4.68 Å². The number of carbonyl (C=O) groups excluding carboxylic acids is 1. The molecular formula is C15H20N4O4. The van der Waals surface area contributed by atoms with Gasteiger partial charge < -0.3 is 14.4 Å². The second-order valence-corrected chi connectivity index (χ2v) is 4.94. The molecule has 2 aromatic rings. The van der Waals surface area contributed by atoms with E-state index in [1.165, 1.54) is 0 Å². The summed E-state index contributed by atoms with van der Waals surface area (Å²) in [5.74, 6) is -0.231. The van der Waals surface area contributed by atoms with Crippen LogP contribution in [0.4, 0.5) is 0 Å². The van der Waals surface area contributed by atoms with Crippen molar-refractivity contribution in [3.05, 3.63) is 34.6 Å². The van der Waals surface area contributed by atoms with E-state index in [-0.39, 0.29) is 18.0 Å². The third kappa shape index (κ3) is 4.33. The summed E-state index contributed by atoms with van der Waals surface area (Å²) in [6.07, 6.45) is 0. The smallest absolute Gasteiger partial charge is 0.278 e. The van der Waals surface area contributed by atoms with Crippen LogP contribution in [0.3, 0.4) is 0 Å². The van der Waals surface area contributed by atoms with Crippen molar-refractivity contribution in [2.75, 3.05) is 40.5 Å². The van der Waals surface area contributed by atoms with Crippen LogP contribution >= 0.6 is 0 Å². The van der Waals surface area contributed by atoms with Crippen LogP contribution in [0.5, 0.6) is 0 Å². The number of hydrogen-bond acceptors (Lipinski definition) is 6. The van der Waals surface area contributed by atoms with Gasteiger partial charge in [-0.2, -0.15) is 0 Å². The molecule has 0 spiro atoms. The van der Waals surface area contributed by atoms with E-state index in [4.69, 9.17) is 9.47 Å². The normalized spacial score (nSPS) is 10.9. The molecule has 0 aliphatic carbocycles. The third-order valence-electron chi connectivity index (χ3n) is 3.40. The fourth-order valence-electron chi connectivity index (χ4n) is 2.12. The lowest BCUT2D eigenvalue weighted by atomic mass is 10.2. The van der Waals surface area contributed by atoms with E-state index < -0.39 is 0 Å². The minimum Gasteiger partial charge on any atom is -0.383 e. The maximum atomic E-state index is 12.4. The number of aromatic nitrogens is 3. The molecule has 8 heteroatoms. The summed E-state index contributed by atoms with van der Waals surface area (Å²) in [6, 6.07) is 6.91. The molecule has 124 valence electrons. The van der Waals surface area contributed by atoms with Crippen LogP contribution in [-0.2, 0) is 20.8 Å². The number of fused-ring (bicyclic) bond motifs is 1. The minimum absolute atomic E-state index is 0.163. The summed E-state index contributed by atoms with van der Waals surface area (Å²) in [6.45, 7) is 1.51. The summed E-state index contributed by atoms with van der Waals surface area (Å²) >= 11 is 0. The van der Waals surface area contributed by atoms with Crippen LogP contribution in [0.1, 0.15) is 0 Å². The topological polar surface area (TPSA) is 86.6 Å². The molecule has 0 saturated carbocycles. The lowest BCUT2D eigenvalue weighted by Gasteiger charge is -2.22. The molecule has 8 nitrogen and oxygen atoms in total. The summed E-state index contributed by atoms with van der Waals surface area (Å²) < 4.78 is 11.1. The van der Waals surface area contributed by atoms with E-state index in [9.17, 15) is 9.59 Å². The quantitative estimate of drug-likeness (QED) is 0.676. The zero-order valence-electron chi connectivity index (χ0n) is 13.3. The molecule has 0 N–H and O–H groups in total. The summed E-state index contributed by atoms with van der Waals surface area (Å²) in [5.41, 5.74) is 0.180. The molecule has 0 fully saturated rings. The SMILES string of the molecule is COCCN(CCOC)C(=O)Cn1nnc2ccccc2c1=O. The van der Waals surface area contributed by atoms with Crippen molar-refractivity contribution >= 4 is 16.8 Å². The van der Waals surface area contributed by atoms with E-state index in [1.54, 1.807) is 43.4 Å². The van der Waals surface area contributed by atoms with Gasteiger partial charge in [0, 0.05) is 27.3 Å². The molecule has 1 heterocycles. The molecule has 2 rings (SSSR count). The number of ether oxygens (including phenoxy) is 2. The Balaban J connectivity index is 2.17. The fraction of sp³-hybridized carbons (Fsp3) is 0.467. The Morgan fingerprint density at radius 3 is 2.48 bits per heavy atom. The van der Waals surface area contributed by atoms with Gasteiger partial charge in [0.15, 0.2) is 0 Å². The Kier molecular flexibility index (Phi) is 6.19. The van der Waals surface area contributed by atoms with E-state index in [0.717, 1.165) is 4.68 Å².